The zero-order chi connectivity index (χ0) is 30.0. The summed E-state index contributed by atoms with van der Waals surface area (Å²) in [4.78, 5) is 43.0. The van der Waals surface area contributed by atoms with E-state index in [9.17, 15) is 14.4 Å². The molecule has 2 N–H and O–H groups in total. The number of nitrogens with zero attached hydrogens (tertiary/aromatic N) is 6. The van der Waals surface area contributed by atoms with E-state index in [4.69, 9.17) is 23.2 Å². The number of carbonyl (C=O) groups excluding carboxylic acids is 3. The number of hydrogen-bond donors (Lipinski definition) is 2. The average Bonchev–Trinajstić information content (AvgIpc) is 3.45. The van der Waals surface area contributed by atoms with Crippen molar-refractivity contribution < 1.29 is 19.1 Å². The van der Waals surface area contributed by atoms with Crippen molar-refractivity contribution in [2.75, 3.05) is 19.5 Å². The van der Waals surface area contributed by atoms with Crippen LogP contribution in [0.25, 0.3) is 5.82 Å². The van der Waals surface area contributed by atoms with Gasteiger partial charge < -0.3 is 10.1 Å². The third-order valence-corrected chi connectivity index (χ3v) is 7.70. The van der Waals surface area contributed by atoms with Crippen LogP contribution in [0.2, 0.25) is 10.0 Å². The van der Waals surface area contributed by atoms with Crippen molar-refractivity contribution in [1.82, 2.24) is 35.0 Å². The smallest absolute Gasteiger partial charge is 0.428 e. The van der Waals surface area contributed by atoms with Crippen LogP contribution in [0.4, 0.5) is 10.5 Å². The molecule has 4 rings (SSSR count). The van der Waals surface area contributed by atoms with Crippen LogP contribution in [0.5, 0.6) is 0 Å². The molecule has 0 aliphatic carbocycles. The maximum Gasteiger partial charge on any atom is 0.428 e. The van der Waals surface area contributed by atoms with Crippen LogP contribution in [-0.4, -0.2) is 61.6 Å². The largest absolute Gasteiger partial charge is 0.452 e. The molecule has 0 bridgehead atoms. The maximum absolute atomic E-state index is 13.8. The quantitative estimate of drug-likeness (QED) is 0.274. The number of benzene rings is 1. The normalized spacial score (nSPS) is 10.8. The van der Waals surface area contributed by atoms with Crippen LogP contribution in [-0.2, 0) is 11.3 Å². The molecule has 41 heavy (non-hydrogen) atoms. The molecule has 3 aromatic heterocycles. The van der Waals surface area contributed by atoms with Gasteiger partial charge >= 0.3 is 6.09 Å². The number of amides is 3. The highest BCUT2D eigenvalue weighted by molar-refractivity contribution is 9.10. The first-order chi connectivity index (χ1) is 19.4. The molecule has 3 heterocycles. The SMILES string of the molecule is COC(=O)N(C)NC(=O)c1cc(Cl)cc(C)c1NC(=O)c1cc(Cn2nc(C)c(Br)c2C)nn1-c1ncccc1Cl. The van der Waals surface area contributed by atoms with Gasteiger partial charge in [-0.3, -0.25) is 19.7 Å². The molecule has 0 saturated heterocycles. The van der Waals surface area contributed by atoms with Gasteiger partial charge in [0.1, 0.15) is 5.69 Å². The van der Waals surface area contributed by atoms with Crippen molar-refractivity contribution in [2.24, 2.45) is 0 Å². The molecule has 0 fully saturated rings. The molecule has 0 atom stereocenters. The Bertz CT molecular complexity index is 1670. The topological polar surface area (TPSA) is 136 Å². The third-order valence-electron chi connectivity index (χ3n) is 6.04. The standard InChI is InChI=1S/C26H25BrCl2N8O4/c1-13-9-16(28)10-18(24(38)34-35(4)26(40)41-5)22(13)31-25(39)20-11-17(12-36-15(3)21(27)14(2)32-36)33-37(20)23-19(29)7-6-8-30-23/h6-11H,12H2,1-5H3,(H,31,39)(H,34,38). The summed E-state index contributed by atoms with van der Waals surface area (Å²) >= 11 is 16.2. The summed E-state index contributed by atoms with van der Waals surface area (Å²) in [6.07, 6.45) is 0.743. The monoisotopic (exact) mass is 662 g/mol. The number of rotatable bonds is 6. The summed E-state index contributed by atoms with van der Waals surface area (Å²) in [7, 11) is 2.50. The highest BCUT2D eigenvalue weighted by Crippen LogP contribution is 2.28. The first-order valence-electron chi connectivity index (χ1n) is 12.0. The fraction of sp³-hybridized carbons (Fsp3) is 0.231. The van der Waals surface area contributed by atoms with Crippen LogP contribution in [0.1, 0.15) is 43.5 Å². The molecule has 15 heteroatoms. The van der Waals surface area contributed by atoms with Crippen molar-refractivity contribution in [3.63, 3.8) is 0 Å². The van der Waals surface area contributed by atoms with E-state index < -0.39 is 17.9 Å². The fourth-order valence-electron chi connectivity index (χ4n) is 4.01. The zero-order valence-electron chi connectivity index (χ0n) is 22.6. The van der Waals surface area contributed by atoms with Crippen LogP contribution in [0.15, 0.2) is 41.0 Å². The Hall–Kier alpha value is -3.94. The van der Waals surface area contributed by atoms with E-state index >= 15 is 0 Å². The molecule has 0 unspecified atom stereocenters. The summed E-state index contributed by atoms with van der Waals surface area (Å²) in [6.45, 7) is 5.74. The van der Waals surface area contributed by atoms with Gasteiger partial charge in [-0.25, -0.2) is 19.5 Å². The Kier molecular flexibility index (Phi) is 9.00. The van der Waals surface area contributed by atoms with Gasteiger partial charge in [0.25, 0.3) is 11.8 Å². The lowest BCUT2D eigenvalue weighted by atomic mass is 10.1. The predicted octanol–water partition coefficient (Wildman–Crippen LogP) is 5.10. The molecular weight excluding hydrogens is 639 g/mol. The molecule has 214 valence electrons. The number of aryl methyl sites for hydroxylation is 2. The van der Waals surface area contributed by atoms with Crippen LogP contribution in [0, 0.1) is 20.8 Å². The van der Waals surface area contributed by atoms with Gasteiger partial charge in [-0.1, -0.05) is 23.2 Å². The minimum atomic E-state index is -0.791. The number of methoxy groups -OCH3 is 1. The number of anilines is 1. The van der Waals surface area contributed by atoms with Crippen molar-refractivity contribution in [1.29, 1.82) is 0 Å². The van der Waals surface area contributed by atoms with Gasteiger partial charge in [0.15, 0.2) is 5.82 Å². The molecule has 4 aromatic rings. The minimum Gasteiger partial charge on any atom is -0.452 e. The molecule has 0 aliphatic rings. The van der Waals surface area contributed by atoms with E-state index in [1.165, 1.54) is 31.1 Å². The molecular formula is C26H25BrCl2N8O4. The van der Waals surface area contributed by atoms with Crippen LogP contribution < -0.4 is 10.7 Å². The Balaban J connectivity index is 1.74. The van der Waals surface area contributed by atoms with Crippen LogP contribution in [0.3, 0.4) is 0 Å². The highest BCUT2D eigenvalue weighted by Gasteiger charge is 2.24. The number of ether oxygens (including phenoxy) is 1. The lowest BCUT2D eigenvalue weighted by molar-refractivity contribution is 0.0767. The summed E-state index contributed by atoms with van der Waals surface area (Å²) in [5.41, 5.74) is 5.43. The first kappa shape index (κ1) is 30.0. The van der Waals surface area contributed by atoms with E-state index in [1.807, 2.05) is 13.8 Å². The zero-order valence-corrected chi connectivity index (χ0v) is 25.7. The van der Waals surface area contributed by atoms with E-state index in [0.29, 0.717) is 11.3 Å². The van der Waals surface area contributed by atoms with Gasteiger partial charge in [0.2, 0.25) is 0 Å². The second kappa shape index (κ2) is 12.3. The molecule has 0 aliphatic heterocycles. The van der Waals surface area contributed by atoms with Gasteiger partial charge in [-0.05, 0) is 72.6 Å². The average molecular weight is 664 g/mol. The van der Waals surface area contributed by atoms with Crippen molar-refractivity contribution in [3.8, 4) is 5.82 Å². The molecule has 12 nitrogen and oxygen atoms in total. The number of hydrogen-bond acceptors (Lipinski definition) is 7. The second-order valence-corrected chi connectivity index (χ2v) is 10.6. The first-order valence-corrected chi connectivity index (χ1v) is 13.6. The maximum atomic E-state index is 13.8. The van der Waals surface area contributed by atoms with Crippen LogP contribution >= 0.6 is 39.1 Å². The summed E-state index contributed by atoms with van der Waals surface area (Å²) in [5.74, 6) is -1.05. The number of aromatic nitrogens is 5. The third kappa shape index (κ3) is 6.37. The Morgan fingerprint density at radius 1 is 1.10 bits per heavy atom. The van der Waals surface area contributed by atoms with E-state index in [1.54, 1.807) is 35.9 Å². The Morgan fingerprint density at radius 2 is 1.83 bits per heavy atom. The molecule has 0 spiro atoms. The number of halogens is 3. The van der Waals surface area contributed by atoms with Crippen molar-refractivity contribution in [2.45, 2.75) is 27.3 Å². The number of nitrogens with one attached hydrogen (secondary N) is 2. The van der Waals surface area contributed by atoms with Crippen molar-refractivity contribution in [3.05, 3.63) is 84.9 Å². The predicted molar refractivity (Wildman–Crippen MR) is 157 cm³/mol. The summed E-state index contributed by atoms with van der Waals surface area (Å²) in [5, 5.41) is 13.3. The van der Waals surface area contributed by atoms with Gasteiger partial charge in [0.05, 0.1) is 51.5 Å². The summed E-state index contributed by atoms with van der Waals surface area (Å²) < 4.78 is 8.59. The van der Waals surface area contributed by atoms with Gasteiger partial charge in [-0.2, -0.15) is 10.2 Å². The van der Waals surface area contributed by atoms with Gasteiger partial charge in [0, 0.05) is 18.3 Å². The fourth-order valence-corrected chi connectivity index (χ4v) is 4.77. The molecule has 0 radical (unpaired) electrons. The lowest BCUT2D eigenvalue weighted by Crippen LogP contribution is -2.43. The van der Waals surface area contributed by atoms with Crippen molar-refractivity contribution >= 4 is 62.7 Å². The minimum absolute atomic E-state index is 0.0220. The number of hydrazine groups is 1. The lowest BCUT2D eigenvalue weighted by Gasteiger charge is -2.19. The van der Waals surface area contributed by atoms with E-state index in [2.05, 4.69) is 46.6 Å². The molecule has 0 saturated carbocycles. The highest BCUT2D eigenvalue weighted by atomic mass is 79.9. The summed E-state index contributed by atoms with van der Waals surface area (Å²) in [6, 6.07) is 7.87. The number of pyridine rings is 1. The second-order valence-electron chi connectivity index (χ2n) is 8.95. The Labute approximate surface area is 253 Å². The molecule has 3 amide bonds. The number of carbonyl (C=O) groups is 3. The van der Waals surface area contributed by atoms with E-state index in [-0.39, 0.29) is 39.4 Å². The Morgan fingerprint density at radius 3 is 2.46 bits per heavy atom. The van der Waals surface area contributed by atoms with E-state index in [0.717, 1.165) is 20.9 Å². The van der Waals surface area contributed by atoms with Gasteiger partial charge in [-0.15, -0.1) is 0 Å². The molecule has 1 aromatic carbocycles.